The van der Waals surface area contributed by atoms with Crippen molar-refractivity contribution in [3.05, 3.63) is 56.2 Å². The van der Waals surface area contributed by atoms with Crippen LogP contribution in [-0.2, 0) is 19.3 Å². The van der Waals surface area contributed by atoms with Crippen molar-refractivity contribution in [3.8, 4) is 0 Å². The number of alkyl halides is 1. The van der Waals surface area contributed by atoms with Gasteiger partial charge in [-0.05, 0) is 61.4 Å². The molecular weight excluding hydrogens is 295 g/mol. The highest BCUT2D eigenvalue weighted by molar-refractivity contribution is 7.12. The van der Waals surface area contributed by atoms with E-state index >= 15 is 0 Å². The molecule has 1 unspecified atom stereocenters. The second kappa shape index (κ2) is 5.87. The molecule has 0 spiro atoms. The minimum Gasteiger partial charge on any atom is -0.144 e. The van der Waals surface area contributed by atoms with Crippen LogP contribution in [-0.4, -0.2) is 0 Å². The number of hydrogen-bond acceptors (Lipinski definition) is 1. The number of thiophene rings is 1. The summed E-state index contributed by atoms with van der Waals surface area (Å²) < 4.78 is 0. The van der Waals surface area contributed by atoms with Gasteiger partial charge in [0.1, 0.15) is 0 Å². The highest BCUT2D eigenvalue weighted by atomic mass is 35.5. The van der Waals surface area contributed by atoms with Gasteiger partial charge in [0.2, 0.25) is 0 Å². The third-order valence-corrected chi connectivity index (χ3v) is 5.73. The Kier molecular flexibility index (Phi) is 4.16. The lowest BCUT2D eigenvalue weighted by molar-refractivity contribution is 0.697. The zero-order valence-electron chi connectivity index (χ0n) is 10.7. The fraction of sp³-hybridized carbons (Fsp3) is 0.375. The molecular formula is C16H16Cl2S. The summed E-state index contributed by atoms with van der Waals surface area (Å²) in [6, 6.07) is 10.3. The Balaban J connectivity index is 1.76. The molecule has 0 fully saturated rings. The molecule has 19 heavy (non-hydrogen) atoms. The minimum atomic E-state index is 0.0640. The zero-order valence-corrected chi connectivity index (χ0v) is 13.0. The standard InChI is InChI=1S/C16H16Cl2S/c17-13-6-3-4-11(8-13)9-14(18)16-10-12-5-1-2-7-15(12)19-16/h3-4,6,8,10,14H,1-2,5,7,9H2. The third-order valence-electron chi connectivity index (χ3n) is 3.63. The predicted molar refractivity (Wildman–Crippen MR) is 84.7 cm³/mol. The van der Waals surface area contributed by atoms with E-state index in [0.717, 1.165) is 11.4 Å². The number of benzene rings is 1. The molecule has 1 aromatic heterocycles. The Bertz CT molecular complexity index is 550. The first-order valence-electron chi connectivity index (χ1n) is 6.72. The second-order valence-electron chi connectivity index (χ2n) is 5.11. The third kappa shape index (κ3) is 3.16. The van der Waals surface area contributed by atoms with Crippen molar-refractivity contribution in [1.29, 1.82) is 0 Å². The van der Waals surface area contributed by atoms with E-state index < -0.39 is 0 Å². The van der Waals surface area contributed by atoms with E-state index in [4.69, 9.17) is 23.2 Å². The highest BCUT2D eigenvalue weighted by Gasteiger charge is 2.18. The molecule has 0 aliphatic heterocycles. The maximum atomic E-state index is 6.58. The van der Waals surface area contributed by atoms with Gasteiger partial charge in [0.05, 0.1) is 5.38 Å². The van der Waals surface area contributed by atoms with Crippen molar-refractivity contribution in [2.75, 3.05) is 0 Å². The molecule has 3 rings (SSSR count). The fourth-order valence-corrected chi connectivity index (χ4v) is 4.46. The molecule has 0 saturated carbocycles. The molecule has 1 heterocycles. The minimum absolute atomic E-state index is 0.0640. The van der Waals surface area contributed by atoms with E-state index in [-0.39, 0.29) is 5.38 Å². The summed E-state index contributed by atoms with van der Waals surface area (Å²) in [5, 5.41) is 0.848. The lowest BCUT2D eigenvalue weighted by Gasteiger charge is -2.08. The van der Waals surface area contributed by atoms with Gasteiger partial charge in [-0.15, -0.1) is 22.9 Å². The molecule has 0 N–H and O–H groups in total. The molecule has 1 aliphatic carbocycles. The summed E-state index contributed by atoms with van der Waals surface area (Å²) >= 11 is 14.5. The molecule has 2 aromatic rings. The van der Waals surface area contributed by atoms with Gasteiger partial charge in [0, 0.05) is 14.8 Å². The van der Waals surface area contributed by atoms with Crippen LogP contribution in [0, 0.1) is 0 Å². The smallest absolute Gasteiger partial charge is 0.0719 e. The number of fused-ring (bicyclic) bond motifs is 1. The fourth-order valence-electron chi connectivity index (χ4n) is 2.64. The molecule has 1 aliphatic rings. The molecule has 3 heteroatoms. The van der Waals surface area contributed by atoms with Crippen molar-refractivity contribution in [2.45, 2.75) is 37.5 Å². The first kappa shape index (κ1) is 13.5. The number of halogens is 2. The van der Waals surface area contributed by atoms with Crippen molar-refractivity contribution >= 4 is 34.5 Å². The van der Waals surface area contributed by atoms with E-state index in [9.17, 15) is 0 Å². The Labute approximate surface area is 128 Å². The summed E-state index contributed by atoms with van der Waals surface area (Å²) in [6.07, 6.45) is 5.97. The molecule has 1 atom stereocenters. The van der Waals surface area contributed by atoms with Crippen LogP contribution >= 0.6 is 34.5 Å². The van der Waals surface area contributed by atoms with Gasteiger partial charge in [-0.25, -0.2) is 0 Å². The largest absolute Gasteiger partial charge is 0.144 e. The first-order valence-corrected chi connectivity index (χ1v) is 8.35. The van der Waals surface area contributed by atoms with Crippen LogP contribution in [0.4, 0.5) is 0 Å². The van der Waals surface area contributed by atoms with E-state index in [1.165, 1.54) is 41.7 Å². The summed E-state index contributed by atoms with van der Waals surface area (Å²) in [5.74, 6) is 0. The van der Waals surface area contributed by atoms with Crippen LogP contribution in [0.25, 0.3) is 0 Å². The van der Waals surface area contributed by atoms with E-state index in [1.807, 2.05) is 29.5 Å². The number of aryl methyl sites for hydroxylation is 2. The van der Waals surface area contributed by atoms with Crippen LogP contribution in [0.3, 0.4) is 0 Å². The van der Waals surface area contributed by atoms with Gasteiger partial charge >= 0.3 is 0 Å². The molecule has 0 nitrogen and oxygen atoms in total. The lowest BCUT2D eigenvalue weighted by Crippen LogP contribution is -1.96. The molecule has 0 radical (unpaired) electrons. The zero-order chi connectivity index (χ0) is 13.2. The van der Waals surface area contributed by atoms with E-state index in [1.54, 1.807) is 4.88 Å². The van der Waals surface area contributed by atoms with Gasteiger partial charge in [0.25, 0.3) is 0 Å². The van der Waals surface area contributed by atoms with Crippen LogP contribution in [0.2, 0.25) is 5.02 Å². The van der Waals surface area contributed by atoms with Crippen LogP contribution in [0.1, 0.15) is 39.1 Å². The van der Waals surface area contributed by atoms with Gasteiger partial charge in [-0.3, -0.25) is 0 Å². The lowest BCUT2D eigenvalue weighted by atomic mass is 9.99. The highest BCUT2D eigenvalue weighted by Crippen LogP contribution is 2.36. The van der Waals surface area contributed by atoms with Gasteiger partial charge in [0.15, 0.2) is 0 Å². The average Bonchev–Trinajstić information content (AvgIpc) is 2.82. The van der Waals surface area contributed by atoms with Crippen LogP contribution < -0.4 is 0 Å². The Morgan fingerprint density at radius 1 is 1.16 bits per heavy atom. The van der Waals surface area contributed by atoms with Gasteiger partial charge < -0.3 is 0 Å². The van der Waals surface area contributed by atoms with Crippen molar-refractivity contribution in [2.24, 2.45) is 0 Å². The Morgan fingerprint density at radius 3 is 2.79 bits per heavy atom. The molecule has 0 saturated heterocycles. The van der Waals surface area contributed by atoms with Crippen LogP contribution in [0.5, 0.6) is 0 Å². The van der Waals surface area contributed by atoms with E-state index in [0.29, 0.717) is 0 Å². The van der Waals surface area contributed by atoms with Crippen molar-refractivity contribution in [1.82, 2.24) is 0 Å². The summed E-state index contributed by atoms with van der Waals surface area (Å²) in [5.41, 5.74) is 2.74. The summed E-state index contributed by atoms with van der Waals surface area (Å²) in [7, 11) is 0. The number of hydrogen-bond donors (Lipinski definition) is 0. The maximum absolute atomic E-state index is 6.58. The van der Waals surface area contributed by atoms with Crippen molar-refractivity contribution < 1.29 is 0 Å². The molecule has 0 bridgehead atoms. The quantitative estimate of drug-likeness (QED) is 0.628. The first-order chi connectivity index (χ1) is 9.22. The molecule has 100 valence electrons. The molecule has 1 aromatic carbocycles. The van der Waals surface area contributed by atoms with Crippen molar-refractivity contribution in [3.63, 3.8) is 0 Å². The predicted octanol–water partition coefficient (Wildman–Crippen LogP) is 5.80. The topological polar surface area (TPSA) is 0 Å². The summed E-state index contributed by atoms with van der Waals surface area (Å²) in [4.78, 5) is 2.87. The second-order valence-corrected chi connectivity index (χ2v) is 7.24. The maximum Gasteiger partial charge on any atom is 0.0719 e. The van der Waals surface area contributed by atoms with Gasteiger partial charge in [-0.2, -0.15) is 0 Å². The Morgan fingerprint density at radius 2 is 2.00 bits per heavy atom. The van der Waals surface area contributed by atoms with E-state index in [2.05, 4.69) is 12.1 Å². The SMILES string of the molecule is Clc1cccc(CC(Cl)c2cc3c(s2)CCCC3)c1. The van der Waals surface area contributed by atoms with Gasteiger partial charge in [-0.1, -0.05) is 23.7 Å². The Hall–Kier alpha value is -0.500. The average molecular weight is 311 g/mol. The normalized spacial score (nSPS) is 16.1. The number of rotatable bonds is 3. The summed E-state index contributed by atoms with van der Waals surface area (Å²) in [6.45, 7) is 0. The molecule has 0 amide bonds. The monoisotopic (exact) mass is 310 g/mol. The van der Waals surface area contributed by atoms with Crippen LogP contribution in [0.15, 0.2) is 30.3 Å².